The molecule has 0 aliphatic carbocycles. The first-order valence-electron chi connectivity index (χ1n) is 7.57. The molecule has 0 saturated carbocycles. The van der Waals surface area contributed by atoms with E-state index in [-0.39, 0.29) is 6.29 Å². The van der Waals surface area contributed by atoms with Gasteiger partial charge in [-0.2, -0.15) is 0 Å². The van der Waals surface area contributed by atoms with Crippen LogP contribution >= 0.6 is 22.6 Å². The van der Waals surface area contributed by atoms with E-state index in [0.717, 1.165) is 9.13 Å². The summed E-state index contributed by atoms with van der Waals surface area (Å²) in [6.45, 7) is 12.5. The van der Waals surface area contributed by atoms with Gasteiger partial charge in [0.1, 0.15) is 11.5 Å². The standard InChI is InChI=1S/C17H25IO5/c1-7-13-14(19-6)10-15(22-11(4)20-8-2)16(18)17(13)23-12(5)21-9-3/h7,10-12H,1,8-9H2,2-6H3. The summed E-state index contributed by atoms with van der Waals surface area (Å²) in [4.78, 5) is 0. The quantitative estimate of drug-likeness (QED) is 0.400. The molecule has 0 aliphatic heterocycles. The van der Waals surface area contributed by atoms with Crippen molar-refractivity contribution < 1.29 is 23.7 Å². The Morgan fingerprint density at radius 3 is 2.13 bits per heavy atom. The van der Waals surface area contributed by atoms with Crippen LogP contribution in [0.1, 0.15) is 33.3 Å². The maximum atomic E-state index is 5.93. The lowest BCUT2D eigenvalue weighted by molar-refractivity contribution is -0.0660. The van der Waals surface area contributed by atoms with Gasteiger partial charge in [-0.3, -0.25) is 0 Å². The fourth-order valence-corrected chi connectivity index (χ4v) is 2.75. The van der Waals surface area contributed by atoms with Crippen LogP contribution in [-0.2, 0) is 9.47 Å². The third-order valence-corrected chi connectivity index (χ3v) is 4.01. The predicted molar refractivity (Wildman–Crippen MR) is 99.2 cm³/mol. The molecule has 0 fully saturated rings. The molecule has 2 atom stereocenters. The van der Waals surface area contributed by atoms with Crippen LogP contribution in [0.5, 0.6) is 17.2 Å². The monoisotopic (exact) mass is 436 g/mol. The molecule has 0 saturated heterocycles. The lowest BCUT2D eigenvalue weighted by Crippen LogP contribution is -2.19. The maximum Gasteiger partial charge on any atom is 0.197 e. The lowest BCUT2D eigenvalue weighted by Gasteiger charge is -2.22. The molecule has 23 heavy (non-hydrogen) atoms. The van der Waals surface area contributed by atoms with Crippen molar-refractivity contribution in [3.05, 3.63) is 21.8 Å². The van der Waals surface area contributed by atoms with Gasteiger partial charge in [0.25, 0.3) is 0 Å². The molecule has 2 unspecified atom stereocenters. The number of ether oxygens (including phenoxy) is 5. The van der Waals surface area contributed by atoms with Gasteiger partial charge < -0.3 is 23.7 Å². The predicted octanol–water partition coefficient (Wildman–Crippen LogP) is 4.47. The van der Waals surface area contributed by atoms with Crippen molar-refractivity contribution in [2.45, 2.75) is 40.3 Å². The largest absolute Gasteiger partial charge is 0.496 e. The van der Waals surface area contributed by atoms with Gasteiger partial charge in [-0.05, 0) is 50.3 Å². The highest BCUT2D eigenvalue weighted by molar-refractivity contribution is 14.1. The van der Waals surface area contributed by atoms with Gasteiger partial charge in [-0.15, -0.1) is 0 Å². The molecule has 0 N–H and O–H groups in total. The smallest absolute Gasteiger partial charge is 0.197 e. The number of halogens is 1. The van der Waals surface area contributed by atoms with E-state index in [9.17, 15) is 0 Å². The van der Waals surface area contributed by atoms with Crippen LogP contribution in [0.4, 0.5) is 0 Å². The molecule has 130 valence electrons. The molecule has 0 amide bonds. The SMILES string of the molecule is C=Cc1c(OC)cc(OC(C)OCC)c(I)c1OC(C)OCC. The summed E-state index contributed by atoms with van der Waals surface area (Å²) >= 11 is 2.18. The average Bonchev–Trinajstić information content (AvgIpc) is 2.51. The topological polar surface area (TPSA) is 46.2 Å². The summed E-state index contributed by atoms with van der Waals surface area (Å²) in [7, 11) is 1.60. The molecule has 6 heteroatoms. The summed E-state index contributed by atoms with van der Waals surface area (Å²) < 4.78 is 28.9. The van der Waals surface area contributed by atoms with Gasteiger partial charge in [0.05, 0.1) is 16.2 Å². The van der Waals surface area contributed by atoms with E-state index in [1.807, 2.05) is 33.8 Å². The van der Waals surface area contributed by atoms with Crippen LogP contribution in [-0.4, -0.2) is 32.9 Å². The van der Waals surface area contributed by atoms with Gasteiger partial charge in [0.2, 0.25) is 0 Å². The summed E-state index contributed by atoms with van der Waals surface area (Å²) in [5.74, 6) is 1.88. The third-order valence-electron chi connectivity index (χ3n) is 2.99. The maximum absolute atomic E-state index is 5.93. The Bertz CT molecular complexity index is 518. The van der Waals surface area contributed by atoms with Crippen molar-refractivity contribution in [3.63, 3.8) is 0 Å². The zero-order valence-electron chi connectivity index (χ0n) is 14.3. The number of methoxy groups -OCH3 is 1. The Balaban J connectivity index is 3.25. The Kier molecular flexibility index (Phi) is 8.72. The molecule has 0 spiro atoms. The number of benzene rings is 1. The van der Waals surface area contributed by atoms with Crippen LogP contribution in [0, 0.1) is 3.57 Å². The fourth-order valence-electron chi connectivity index (χ4n) is 2.05. The van der Waals surface area contributed by atoms with Gasteiger partial charge in [0, 0.05) is 19.3 Å². The molecule has 0 heterocycles. The molecule has 1 aromatic carbocycles. The molecule has 5 nitrogen and oxygen atoms in total. The van der Waals surface area contributed by atoms with Crippen molar-refractivity contribution in [3.8, 4) is 17.2 Å². The molecule has 1 aromatic rings. The normalized spacial score (nSPS) is 13.3. The van der Waals surface area contributed by atoms with E-state index < -0.39 is 6.29 Å². The van der Waals surface area contributed by atoms with Gasteiger partial charge in [0.15, 0.2) is 18.3 Å². The molecular weight excluding hydrogens is 411 g/mol. The average molecular weight is 436 g/mol. The van der Waals surface area contributed by atoms with E-state index in [4.69, 9.17) is 23.7 Å². The summed E-state index contributed by atoms with van der Waals surface area (Å²) in [5, 5.41) is 0. The van der Waals surface area contributed by atoms with Crippen molar-refractivity contribution >= 4 is 28.7 Å². The number of hydrogen-bond donors (Lipinski definition) is 0. The highest BCUT2D eigenvalue weighted by atomic mass is 127. The van der Waals surface area contributed by atoms with Gasteiger partial charge in [-0.1, -0.05) is 12.7 Å². The minimum absolute atomic E-state index is 0.370. The second-order valence-electron chi connectivity index (χ2n) is 4.62. The Hall–Kier alpha value is -0.990. The molecule has 0 radical (unpaired) electrons. The molecular formula is C17H25IO5. The second kappa shape index (κ2) is 10.00. The van der Waals surface area contributed by atoms with Crippen molar-refractivity contribution in [1.82, 2.24) is 0 Å². The van der Waals surface area contributed by atoms with Crippen LogP contribution in [0.15, 0.2) is 12.6 Å². The molecule has 0 bridgehead atoms. The Morgan fingerprint density at radius 1 is 1.09 bits per heavy atom. The summed E-state index contributed by atoms with van der Waals surface area (Å²) in [5.41, 5.74) is 0.764. The third kappa shape index (κ3) is 5.54. The van der Waals surface area contributed by atoms with E-state index in [1.165, 1.54) is 0 Å². The van der Waals surface area contributed by atoms with E-state index in [1.54, 1.807) is 13.2 Å². The highest BCUT2D eigenvalue weighted by Crippen LogP contribution is 2.41. The Morgan fingerprint density at radius 2 is 1.65 bits per heavy atom. The van der Waals surface area contributed by atoms with E-state index in [2.05, 4.69) is 29.2 Å². The van der Waals surface area contributed by atoms with Crippen LogP contribution in [0.3, 0.4) is 0 Å². The molecule has 1 rings (SSSR count). The van der Waals surface area contributed by atoms with Crippen molar-refractivity contribution in [2.24, 2.45) is 0 Å². The second-order valence-corrected chi connectivity index (χ2v) is 5.70. The minimum atomic E-state index is -0.392. The van der Waals surface area contributed by atoms with Crippen LogP contribution in [0.2, 0.25) is 0 Å². The van der Waals surface area contributed by atoms with Gasteiger partial charge in [-0.25, -0.2) is 0 Å². The summed E-state index contributed by atoms with van der Waals surface area (Å²) in [6, 6.07) is 1.81. The first-order valence-corrected chi connectivity index (χ1v) is 8.65. The first kappa shape index (κ1) is 20.1. The van der Waals surface area contributed by atoms with E-state index in [0.29, 0.717) is 30.5 Å². The molecule has 0 aliphatic rings. The Labute approximate surface area is 152 Å². The van der Waals surface area contributed by atoms with Crippen molar-refractivity contribution in [2.75, 3.05) is 20.3 Å². The highest BCUT2D eigenvalue weighted by Gasteiger charge is 2.21. The molecule has 0 aromatic heterocycles. The zero-order chi connectivity index (χ0) is 17.4. The zero-order valence-corrected chi connectivity index (χ0v) is 16.5. The lowest BCUT2D eigenvalue weighted by atomic mass is 10.1. The minimum Gasteiger partial charge on any atom is -0.496 e. The van der Waals surface area contributed by atoms with E-state index >= 15 is 0 Å². The van der Waals surface area contributed by atoms with Gasteiger partial charge >= 0.3 is 0 Å². The first-order chi connectivity index (χ1) is 11.0. The number of rotatable bonds is 10. The number of hydrogen-bond acceptors (Lipinski definition) is 5. The van der Waals surface area contributed by atoms with Crippen LogP contribution < -0.4 is 14.2 Å². The van der Waals surface area contributed by atoms with Crippen molar-refractivity contribution in [1.29, 1.82) is 0 Å². The fraction of sp³-hybridized carbons (Fsp3) is 0.529. The summed E-state index contributed by atoms with van der Waals surface area (Å²) in [6.07, 6.45) is 0.937. The van der Waals surface area contributed by atoms with Crippen LogP contribution in [0.25, 0.3) is 6.08 Å².